The molecule has 0 saturated carbocycles. The van der Waals surface area contributed by atoms with E-state index in [-0.39, 0.29) is 12.4 Å². The Hall–Kier alpha value is -1.62. The van der Waals surface area contributed by atoms with Gasteiger partial charge in [-0.1, -0.05) is 40.9 Å². The van der Waals surface area contributed by atoms with Gasteiger partial charge in [0.05, 0.1) is 18.1 Å². The lowest BCUT2D eigenvalue weighted by Crippen LogP contribution is -3.00. The van der Waals surface area contributed by atoms with E-state index in [4.69, 9.17) is 44.0 Å². The largest absolute Gasteiger partial charge is 1.00 e. The van der Waals surface area contributed by atoms with Crippen molar-refractivity contribution in [2.24, 2.45) is 0 Å². The summed E-state index contributed by atoms with van der Waals surface area (Å²) < 4.78 is 13.2. The molecule has 7 heteroatoms. The second kappa shape index (κ2) is 10.3. The van der Waals surface area contributed by atoms with Crippen molar-refractivity contribution < 1.29 is 26.0 Å². The van der Waals surface area contributed by atoms with Gasteiger partial charge in [-0.05, 0) is 55.7 Å². The Kier molecular flexibility index (Phi) is 7.67. The molecule has 1 saturated heterocycles. The summed E-state index contributed by atoms with van der Waals surface area (Å²) >= 11 is 18.7. The van der Waals surface area contributed by atoms with Crippen LogP contribution in [0, 0.1) is 0 Å². The van der Waals surface area contributed by atoms with Crippen molar-refractivity contribution in [1.82, 2.24) is 0 Å². The molecule has 0 bridgehead atoms. The van der Waals surface area contributed by atoms with Crippen molar-refractivity contribution in [1.29, 1.82) is 0 Å². The molecule has 1 aliphatic rings. The molecule has 1 aliphatic heterocycles. The number of ether oxygens (including phenoxy) is 1. The first kappa shape index (κ1) is 24.5. The summed E-state index contributed by atoms with van der Waals surface area (Å²) in [6.07, 6.45) is 3.76. The van der Waals surface area contributed by atoms with Crippen LogP contribution in [-0.2, 0) is 6.54 Å². The maximum atomic E-state index is 6.49. The lowest BCUT2D eigenvalue weighted by atomic mass is 10.1. The molecule has 0 spiro atoms. The molecule has 33 heavy (non-hydrogen) atoms. The average Bonchev–Trinajstić information content (AvgIpc) is 3.13. The van der Waals surface area contributed by atoms with Crippen molar-refractivity contribution in [2.75, 3.05) is 26.2 Å². The van der Waals surface area contributed by atoms with E-state index in [0.29, 0.717) is 16.7 Å². The van der Waals surface area contributed by atoms with Gasteiger partial charge in [-0.2, -0.15) is 0 Å². The van der Waals surface area contributed by atoms with Gasteiger partial charge in [-0.15, -0.1) is 0 Å². The molecule has 0 amide bonds. The summed E-state index contributed by atoms with van der Waals surface area (Å²) in [4.78, 5) is 0. The number of rotatable bonds is 6. The molecule has 1 fully saturated rings. The van der Waals surface area contributed by atoms with Crippen molar-refractivity contribution in [3.63, 3.8) is 0 Å². The van der Waals surface area contributed by atoms with E-state index < -0.39 is 0 Å². The van der Waals surface area contributed by atoms with Crippen LogP contribution in [0.4, 0.5) is 0 Å². The van der Waals surface area contributed by atoms with E-state index in [0.717, 1.165) is 68.9 Å². The fraction of sp³-hybridized carbons (Fsp3) is 0.308. The Morgan fingerprint density at radius 1 is 0.788 bits per heavy atom. The summed E-state index contributed by atoms with van der Waals surface area (Å²) in [5.74, 6) is 0.822. The molecule has 174 valence electrons. The highest BCUT2D eigenvalue weighted by atomic mass is 35.5. The monoisotopic (exact) mass is 523 g/mol. The number of benzene rings is 3. The van der Waals surface area contributed by atoms with Gasteiger partial charge in [0.15, 0.2) is 0 Å². The average molecular weight is 525 g/mol. The van der Waals surface area contributed by atoms with E-state index >= 15 is 0 Å². The molecule has 0 atom stereocenters. The first-order valence-electron chi connectivity index (χ1n) is 11.1. The number of furan rings is 1. The number of piperidine rings is 1. The molecular weight excluding hydrogens is 500 g/mol. The molecule has 0 radical (unpaired) electrons. The van der Waals surface area contributed by atoms with Crippen LogP contribution in [0.1, 0.15) is 24.8 Å². The van der Waals surface area contributed by atoms with Crippen molar-refractivity contribution in [3.8, 4) is 5.75 Å². The number of fused-ring (bicyclic) bond motifs is 3. The zero-order chi connectivity index (χ0) is 22.1. The van der Waals surface area contributed by atoms with E-state index in [1.807, 2.05) is 42.5 Å². The van der Waals surface area contributed by atoms with Crippen LogP contribution in [0.25, 0.3) is 21.9 Å². The highest BCUT2D eigenvalue weighted by Crippen LogP contribution is 2.33. The van der Waals surface area contributed by atoms with Crippen LogP contribution >= 0.6 is 34.8 Å². The molecule has 1 aromatic heterocycles. The van der Waals surface area contributed by atoms with Crippen LogP contribution in [0.3, 0.4) is 0 Å². The predicted octanol–water partition coefficient (Wildman–Crippen LogP) is 5.13. The second-order valence-electron chi connectivity index (χ2n) is 8.72. The van der Waals surface area contributed by atoms with Crippen molar-refractivity contribution in [3.05, 3.63) is 75.2 Å². The van der Waals surface area contributed by atoms with Gasteiger partial charge in [-0.3, -0.25) is 0 Å². The predicted molar refractivity (Wildman–Crippen MR) is 133 cm³/mol. The van der Waals surface area contributed by atoms with Gasteiger partial charge >= 0.3 is 0 Å². The lowest BCUT2D eigenvalue weighted by molar-refractivity contribution is -0.945. The minimum Gasteiger partial charge on any atom is -1.00 e. The zero-order valence-corrected chi connectivity index (χ0v) is 21.2. The third kappa shape index (κ3) is 5.39. The minimum atomic E-state index is 0. The quantitative estimate of drug-likeness (QED) is 0.326. The van der Waals surface area contributed by atoms with Crippen LogP contribution in [-0.4, -0.2) is 30.7 Å². The maximum Gasteiger partial charge on any atom is 0.139 e. The Bertz CT molecular complexity index is 1260. The maximum absolute atomic E-state index is 6.49. The third-order valence-electron chi connectivity index (χ3n) is 6.53. The lowest BCUT2D eigenvalue weighted by Gasteiger charge is -2.41. The van der Waals surface area contributed by atoms with Crippen LogP contribution in [0.15, 0.2) is 59.0 Å². The highest BCUT2D eigenvalue weighted by molar-refractivity contribution is 6.35. The molecule has 5 rings (SSSR count). The Labute approximate surface area is 215 Å². The Morgan fingerprint density at radius 3 is 2.21 bits per heavy atom. The number of halogens is 4. The van der Waals surface area contributed by atoms with Crippen molar-refractivity contribution in [2.45, 2.75) is 25.8 Å². The molecule has 0 unspecified atom stereocenters. The van der Waals surface area contributed by atoms with Crippen LogP contribution in [0.2, 0.25) is 15.1 Å². The van der Waals surface area contributed by atoms with Gasteiger partial charge in [0.25, 0.3) is 0 Å². The number of hydrogen-bond acceptors (Lipinski definition) is 2. The van der Waals surface area contributed by atoms with E-state index in [9.17, 15) is 0 Å². The number of quaternary nitrogens is 1. The summed E-state index contributed by atoms with van der Waals surface area (Å²) in [5.41, 5.74) is 2.76. The smallest absolute Gasteiger partial charge is 0.139 e. The van der Waals surface area contributed by atoms with E-state index in [1.165, 1.54) is 19.3 Å². The fourth-order valence-corrected chi connectivity index (χ4v) is 5.46. The molecule has 3 aromatic carbocycles. The zero-order valence-electron chi connectivity index (χ0n) is 18.1. The van der Waals surface area contributed by atoms with Crippen LogP contribution in [0.5, 0.6) is 5.75 Å². The number of likely N-dealkylation sites (tertiary alicyclic amines) is 1. The normalized spacial score (nSPS) is 15.5. The van der Waals surface area contributed by atoms with Gasteiger partial charge in [0.1, 0.15) is 36.6 Å². The van der Waals surface area contributed by atoms with Crippen molar-refractivity contribution >= 4 is 56.7 Å². The summed E-state index contributed by atoms with van der Waals surface area (Å²) in [6.45, 7) is 4.77. The Morgan fingerprint density at radius 2 is 1.45 bits per heavy atom. The molecular formula is C26H25Cl4NO2. The molecule has 4 aromatic rings. The summed E-state index contributed by atoms with van der Waals surface area (Å²) in [5, 5.41) is 4.23. The third-order valence-corrected chi connectivity index (χ3v) is 7.35. The van der Waals surface area contributed by atoms with Crippen LogP contribution < -0.4 is 17.1 Å². The fourth-order valence-electron chi connectivity index (χ4n) is 4.83. The van der Waals surface area contributed by atoms with Gasteiger partial charge in [0.2, 0.25) is 0 Å². The first-order valence-corrected chi connectivity index (χ1v) is 12.2. The topological polar surface area (TPSA) is 22.4 Å². The molecule has 2 heterocycles. The molecule has 3 nitrogen and oxygen atoms in total. The summed E-state index contributed by atoms with van der Waals surface area (Å²) in [6, 6.07) is 17.6. The molecule has 0 aliphatic carbocycles. The van der Waals surface area contributed by atoms with Gasteiger partial charge < -0.3 is 26.0 Å². The number of hydrogen-bond donors (Lipinski definition) is 0. The van der Waals surface area contributed by atoms with Gasteiger partial charge in [0, 0.05) is 38.5 Å². The van der Waals surface area contributed by atoms with E-state index in [1.54, 1.807) is 0 Å². The van der Waals surface area contributed by atoms with Gasteiger partial charge in [-0.25, -0.2) is 0 Å². The summed E-state index contributed by atoms with van der Waals surface area (Å²) in [7, 11) is 0. The SMILES string of the molecule is Clc1ccc(C[N+]2(CCOc3ccc4c(c3)oc3cc(Cl)ccc34)CCCCC2)c(Cl)c1.[Cl-]. The minimum absolute atomic E-state index is 0. The standard InChI is InChI=1S/C26H25Cl3NO2.ClH/c27-19-5-4-18(24(29)14-19)17-30(10-2-1-3-11-30)12-13-31-21-7-9-23-22-8-6-20(28)15-25(22)32-26(23)16-21;/h4-9,14-16H,1-3,10-13,17H2;1H/q+1;/p-1. The number of nitrogens with zero attached hydrogens (tertiary/aromatic N) is 1. The second-order valence-corrected chi connectivity index (χ2v) is 10.00. The molecule has 0 N–H and O–H groups in total. The highest BCUT2D eigenvalue weighted by Gasteiger charge is 2.31. The van der Waals surface area contributed by atoms with E-state index in [2.05, 4.69) is 12.1 Å². The Balaban J connectivity index is 0.00000259. The first-order chi connectivity index (χ1) is 15.5.